The van der Waals surface area contributed by atoms with E-state index >= 15 is 0 Å². The molecule has 0 bridgehead atoms. The van der Waals surface area contributed by atoms with Gasteiger partial charge in [-0.25, -0.2) is 9.18 Å². The van der Waals surface area contributed by atoms with Gasteiger partial charge >= 0.3 is 6.09 Å². The number of hydrogen-bond donors (Lipinski definition) is 0. The highest BCUT2D eigenvalue weighted by molar-refractivity contribution is 5.69. The maximum atomic E-state index is 13.3. The number of amides is 1. The van der Waals surface area contributed by atoms with Crippen LogP contribution in [0.3, 0.4) is 0 Å². The summed E-state index contributed by atoms with van der Waals surface area (Å²) in [5, 5.41) is 0. The van der Waals surface area contributed by atoms with Gasteiger partial charge < -0.3 is 14.5 Å². The molecule has 0 atom stereocenters. The molecular weight excluding hydrogens is 307 g/mol. The van der Waals surface area contributed by atoms with Gasteiger partial charge in [0.15, 0.2) is 0 Å². The van der Waals surface area contributed by atoms with Gasteiger partial charge in [0.05, 0.1) is 0 Å². The van der Waals surface area contributed by atoms with Crippen LogP contribution in [0.4, 0.5) is 14.9 Å². The van der Waals surface area contributed by atoms with Gasteiger partial charge in [0.1, 0.15) is 11.8 Å². The first-order valence-electron chi connectivity index (χ1n) is 8.80. The molecule has 0 saturated carbocycles. The number of alkyl halides is 1. The van der Waals surface area contributed by atoms with E-state index in [0.29, 0.717) is 25.9 Å². The Bertz CT molecular complexity index is 604. The molecule has 132 valence electrons. The molecule has 0 N–H and O–H groups in total. The van der Waals surface area contributed by atoms with Crippen LogP contribution >= 0.6 is 0 Å². The normalized spacial score (nSPS) is 19.2. The lowest BCUT2D eigenvalue weighted by Gasteiger charge is -2.34. The van der Waals surface area contributed by atoms with E-state index in [1.807, 2.05) is 20.8 Å². The Kier molecular flexibility index (Phi) is 4.70. The molecule has 2 aliphatic heterocycles. The topological polar surface area (TPSA) is 32.8 Å². The smallest absolute Gasteiger partial charge is 0.410 e. The molecule has 2 heterocycles. The minimum Gasteiger partial charge on any atom is -0.444 e. The summed E-state index contributed by atoms with van der Waals surface area (Å²) in [6.45, 7) is 8.49. The van der Waals surface area contributed by atoms with Crippen molar-refractivity contribution in [3.63, 3.8) is 0 Å². The molecule has 4 nitrogen and oxygen atoms in total. The molecule has 2 aliphatic rings. The van der Waals surface area contributed by atoms with E-state index in [0.717, 1.165) is 19.5 Å². The zero-order valence-corrected chi connectivity index (χ0v) is 14.8. The molecule has 0 aliphatic carbocycles. The zero-order valence-electron chi connectivity index (χ0n) is 14.8. The van der Waals surface area contributed by atoms with Crippen LogP contribution < -0.4 is 4.90 Å². The summed E-state index contributed by atoms with van der Waals surface area (Å²) in [7, 11) is 0. The summed E-state index contributed by atoms with van der Waals surface area (Å²) in [6, 6.07) is 6.40. The Morgan fingerprint density at radius 1 is 1.17 bits per heavy atom. The predicted octanol–water partition coefficient (Wildman–Crippen LogP) is 3.92. The van der Waals surface area contributed by atoms with Crippen molar-refractivity contribution in [1.82, 2.24) is 4.90 Å². The van der Waals surface area contributed by atoms with Crippen LogP contribution in [-0.4, -0.2) is 42.4 Å². The van der Waals surface area contributed by atoms with E-state index in [1.54, 1.807) is 4.90 Å². The molecule has 1 amide bonds. The molecule has 24 heavy (non-hydrogen) atoms. The molecule has 1 fully saturated rings. The second-order valence-corrected chi connectivity index (χ2v) is 7.77. The summed E-state index contributed by atoms with van der Waals surface area (Å²) in [6.07, 6.45) is 1.16. The molecular formula is C19H27FN2O2. The van der Waals surface area contributed by atoms with Gasteiger partial charge in [-0.2, -0.15) is 0 Å². The van der Waals surface area contributed by atoms with Gasteiger partial charge in [0.25, 0.3) is 0 Å². The molecule has 3 rings (SSSR count). The first-order chi connectivity index (χ1) is 11.3. The zero-order chi connectivity index (χ0) is 17.3. The van der Waals surface area contributed by atoms with Crippen LogP contribution in [0.1, 0.15) is 44.7 Å². The van der Waals surface area contributed by atoms with Crippen LogP contribution in [-0.2, 0) is 17.7 Å². The van der Waals surface area contributed by atoms with E-state index in [1.165, 1.54) is 16.8 Å². The Labute approximate surface area is 143 Å². The summed E-state index contributed by atoms with van der Waals surface area (Å²) >= 11 is 0. The minimum atomic E-state index is -0.652. The maximum absolute atomic E-state index is 13.3. The summed E-state index contributed by atoms with van der Waals surface area (Å²) < 4.78 is 18.8. The van der Waals surface area contributed by atoms with E-state index in [2.05, 4.69) is 23.1 Å². The molecule has 5 heteroatoms. The Hall–Kier alpha value is -1.78. The van der Waals surface area contributed by atoms with E-state index in [4.69, 9.17) is 4.74 Å². The van der Waals surface area contributed by atoms with Crippen LogP contribution in [0.5, 0.6) is 0 Å². The van der Waals surface area contributed by atoms with Crippen molar-refractivity contribution in [2.75, 3.05) is 24.5 Å². The van der Waals surface area contributed by atoms with Crippen molar-refractivity contribution < 1.29 is 13.9 Å². The Balaban J connectivity index is 1.67. The monoisotopic (exact) mass is 334 g/mol. The quantitative estimate of drug-likeness (QED) is 0.780. The summed E-state index contributed by atoms with van der Waals surface area (Å²) in [4.78, 5) is 16.3. The standard InChI is InChI=1S/C19H27FN2O2/c1-19(2,3)24-18(23)22-9-6-14-12-17(5-4-15(14)13-22)21-10-7-16(20)8-11-21/h4-5,12,16H,6-11,13H2,1-3H3. The van der Waals surface area contributed by atoms with Crippen LogP contribution in [0.2, 0.25) is 0 Å². The fourth-order valence-corrected chi connectivity index (χ4v) is 3.32. The van der Waals surface area contributed by atoms with Crippen molar-refractivity contribution in [3.8, 4) is 0 Å². The average molecular weight is 334 g/mol. The summed E-state index contributed by atoms with van der Waals surface area (Å²) in [5.74, 6) is 0. The predicted molar refractivity (Wildman–Crippen MR) is 93.1 cm³/mol. The third-order valence-corrected chi connectivity index (χ3v) is 4.64. The highest BCUT2D eigenvalue weighted by Crippen LogP contribution is 2.28. The highest BCUT2D eigenvalue weighted by Gasteiger charge is 2.26. The number of hydrogen-bond acceptors (Lipinski definition) is 3. The van der Waals surface area contributed by atoms with Crippen LogP contribution in [0.25, 0.3) is 0 Å². The fourth-order valence-electron chi connectivity index (χ4n) is 3.32. The van der Waals surface area contributed by atoms with Gasteiger partial charge in [0.2, 0.25) is 0 Å². The number of ether oxygens (including phenoxy) is 1. The molecule has 1 saturated heterocycles. The van der Waals surface area contributed by atoms with Crippen LogP contribution in [0.15, 0.2) is 18.2 Å². The minimum absolute atomic E-state index is 0.248. The molecule has 0 unspecified atom stereocenters. The Morgan fingerprint density at radius 3 is 2.54 bits per heavy atom. The van der Waals surface area contributed by atoms with Crippen molar-refractivity contribution in [3.05, 3.63) is 29.3 Å². The molecule has 0 aromatic heterocycles. The third-order valence-electron chi connectivity index (χ3n) is 4.64. The maximum Gasteiger partial charge on any atom is 0.410 e. The first kappa shape index (κ1) is 17.1. The van der Waals surface area contributed by atoms with E-state index < -0.39 is 11.8 Å². The number of fused-ring (bicyclic) bond motifs is 1. The van der Waals surface area contributed by atoms with E-state index in [-0.39, 0.29) is 6.09 Å². The van der Waals surface area contributed by atoms with Crippen molar-refractivity contribution in [2.24, 2.45) is 0 Å². The number of halogens is 1. The number of piperidine rings is 1. The highest BCUT2D eigenvalue weighted by atomic mass is 19.1. The summed E-state index contributed by atoms with van der Waals surface area (Å²) in [5.41, 5.74) is 3.17. The van der Waals surface area contributed by atoms with Gasteiger partial charge in [-0.05, 0) is 63.3 Å². The first-order valence-corrected chi connectivity index (χ1v) is 8.80. The number of nitrogens with zero attached hydrogens (tertiary/aromatic N) is 2. The third kappa shape index (κ3) is 4.00. The SMILES string of the molecule is CC(C)(C)OC(=O)N1CCc2cc(N3CCC(F)CC3)ccc2C1. The van der Waals surface area contributed by atoms with Gasteiger partial charge in [-0.3, -0.25) is 0 Å². The van der Waals surface area contributed by atoms with Crippen molar-refractivity contribution >= 4 is 11.8 Å². The Morgan fingerprint density at radius 2 is 1.88 bits per heavy atom. The molecule has 1 aromatic rings. The number of carbonyl (C=O) groups is 1. The van der Waals surface area contributed by atoms with Crippen LogP contribution in [0, 0.1) is 0 Å². The largest absolute Gasteiger partial charge is 0.444 e. The molecule has 0 spiro atoms. The van der Waals surface area contributed by atoms with Gasteiger partial charge in [0, 0.05) is 31.9 Å². The lowest BCUT2D eigenvalue weighted by atomic mass is 9.98. The number of carbonyl (C=O) groups excluding carboxylic acids is 1. The number of anilines is 1. The second kappa shape index (κ2) is 6.61. The average Bonchev–Trinajstić information content (AvgIpc) is 2.53. The molecule has 0 radical (unpaired) electrons. The number of benzene rings is 1. The lowest BCUT2D eigenvalue weighted by Crippen LogP contribution is -2.40. The van der Waals surface area contributed by atoms with Crippen molar-refractivity contribution in [2.45, 2.75) is 58.4 Å². The number of rotatable bonds is 1. The lowest BCUT2D eigenvalue weighted by molar-refractivity contribution is 0.0224. The second-order valence-electron chi connectivity index (χ2n) is 7.77. The van der Waals surface area contributed by atoms with Crippen molar-refractivity contribution in [1.29, 1.82) is 0 Å². The fraction of sp³-hybridized carbons (Fsp3) is 0.632. The van der Waals surface area contributed by atoms with Gasteiger partial charge in [-0.1, -0.05) is 6.07 Å². The molecule has 1 aromatic carbocycles. The van der Waals surface area contributed by atoms with E-state index in [9.17, 15) is 9.18 Å². The van der Waals surface area contributed by atoms with Gasteiger partial charge in [-0.15, -0.1) is 0 Å².